The van der Waals surface area contributed by atoms with Gasteiger partial charge in [0.05, 0.1) is 11.9 Å². The molecule has 0 unspecified atom stereocenters. The molecule has 2 rings (SSSR count). The largest absolute Gasteiger partial charge is 0.383 e. The summed E-state index contributed by atoms with van der Waals surface area (Å²) in [5.74, 6) is 0. The first-order valence-corrected chi connectivity index (χ1v) is 10.2. The van der Waals surface area contributed by atoms with E-state index < -0.39 is 21.5 Å². The highest BCUT2D eigenvalue weighted by atomic mass is 32.2. The predicted molar refractivity (Wildman–Crippen MR) is 103 cm³/mol. The third-order valence-electron chi connectivity index (χ3n) is 3.92. The van der Waals surface area contributed by atoms with Gasteiger partial charge in [0.15, 0.2) is 9.92 Å². The molecule has 0 bridgehead atoms. The molecule has 26 heavy (non-hydrogen) atoms. The molecule has 0 fully saturated rings. The summed E-state index contributed by atoms with van der Waals surface area (Å²) in [7, 11) is -3.47. The number of hydrogen-bond donors (Lipinski definition) is 3. The van der Waals surface area contributed by atoms with E-state index in [1.165, 1.54) is 6.20 Å². The van der Waals surface area contributed by atoms with Crippen molar-refractivity contribution < 1.29 is 14.1 Å². The van der Waals surface area contributed by atoms with Crippen LogP contribution in [0.1, 0.15) is 41.4 Å². The molecule has 0 aliphatic carbocycles. The van der Waals surface area contributed by atoms with E-state index in [1.54, 1.807) is 13.8 Å². The van der Waals surface area contributed by atoms with Crippen LogP contribution in [0.5, 0.6) is 0 Å². The Hall–Kier alpha value is -1.88. The summed E-state index contributed by atoms with van der Waals surface area (Å²) < 4.78 is 16.4. The van der Waals surface area contributed by atoms with Crippen molar-refractivity contribution in [1.82, 2.24) is 9.97 Å². The summed E-state index contributed by atoms with van der Waals surface area (Å²) in [6, 6.07) is -0.813. The highest BCUT2D eigenvalue weighted by Crippen LogP contribution is 2.28. The van der Waals surface area contributed by atoms with E-state index in [0.29, 0.717) is 10.7 Å². The number of nitrogens with zero attached hydrogens (tertiary/aromatic N) is 3. The first kappa shape index (κ1) is 20.4. The zero-order valence-corrected chi connectivity index (χ0v) is 17.2. The Bertz CT molecular complexity index is 956. The van der Waals surface area contributed by atoms with Crippen LogP contribution in [-0.2, 0) is 15.5 Å². The Morgan fingerprint density at radius 2 is 1.81 bits per heavy atom. The molecule has 8 nitrogen and oxygen atoms in total. The topological polar surface area (TPSA) is 131 Å². The zero-order chi connectivity index (χ0) is 19.9. The number of aryl methyl sites for hydroxylation is 2. The number of amides is 2. The number of rotatable bonds is 3. The van der Waals surface area contributed by atoms with E-state index in [1.807, 2.05) is 27.7 Å². The lowest BCUT2D eigenvalue weighted by Crippen LogP contribution is -2.18. The molecule has 10 heteroatoms. The lowest BCUT2D eigenvalue weighted by atomic mass is 10.1. The van der Waals surface area contributed by atoms with Gasteiger partial charge in [0, 0.05) is 11.4 Å². The van der Waals surface area contributed by atoms with Gasteiger partial charge in [-0.3, -0.25) is 4.98 Å². The highest BCUT2D eigenvalue weighted by Gasteiger charge is 2.23. The maximum absolute atomic E-state index is 12.7. The van der Waals surface area contributed by atoms with Crippen LogP contribution in [0.15, 0.2) is 14.8 Å². The Kier molecular flexibility index (Phi) is 5.52. The van der Waals surface area contributed by atoms with Gasteiger partial charge in [-0.05, 0) is 52.7 Å². The summed E-state index contributed by atoms with van der Waals surface area (Å²) >= 11 is 0.961. The van der Waals surface area contributed by atoms with Gasteiger partial charge in [-0.1, -0.05) is 0 Å². The molecule has 2 aromatic heterocycles. The number of carbonyl (C=O) groups excluding carboxylic acids is 1. The first-order chi connectivity index (χ1) is 11.8. The normalized spacial score (nSPS) is 14.0. The molecule has 0 aromatic carbocycles. The second-order valence-corrected chi connectivity index (χ2v) is 9.59. The van der Waals surface area contributed by atoms with Crippen molar-refractivity contribution in [3.8, 4) is 0 Å². The summed E-state index contributed by atoms with van der Waals surface area (Å²) in [5, 5.41) is 18.7. The second kappa shape index (κ2) is 7.03. The minimum absolute atomic E-state index is 0.125. The van der Waals surface area contributed by atoms with Crippen LogP contribution in [0.3, 0.4) is 0 Å². The average Bonchev–Trinajstić information content (AvgIpc) is 3.00. The molecule has 2 aromatic rings. The number of nitrogens with two attached hydrogens (primary N) is 1. The van der Waals surface area contributed by atoms with Gasteiger partial charge in [0.1, 0.15) is 14.8 Å². The van der Waals surface area contributed by atoms with Crippen LogP contribution >= 0.6 is 11.3 Å². The number of nitrogens with one attached hydrogen (secondary N) is 1. The van der Waals surface area contributed by atoms with E-state index in [-0.39, 0.29) is 4.21 Å². The summed E-state index contributed by atoms with van der Waals surface area (Å²) in [6.07, 6.45) is 1.27. The number of thiazole rings is 1. The third-order valence-corrected chi connectivity index (χ3v) is 7.11. The maximum Gasteiger partial charge on any atom is 0.354 e. The molecule has 142 valence electrons. The van der Waals surface area contributed by atoms with Crippen molar-refractivity contribution >= 4 is 33.0 Å². The standard InChI is InChI=1S/C16H23N5O3S2/c1-8-10(3)19-11(4)9(2)13(8)20-15(22)21-26(17,24)12-7-18-14(25-12)16(5,6)23/h7,23H,1-6H3,(H3,17,19,20,21,22,24)/t26-/m1/s1. The fourth-order valence-corrected chi connectivity index (χ4v) is 4.29. The minimum Gasteiger partial charge on any atom is -0.383 e. The SMILES string of the molecule is Cc1nc(C)c(C)c(NC(=O)N=[S@@](N)(=O)c2cnc(C(C)(C)O)s2)c1C. The van der Waals surface area contributed by atoms with Gasteiger partial charge >= 0.3 is 6.03 Å². The van der Waals surface area contributed by atoms with Crippen molar-refractivity contribution in [3.63, 3.8) is 0 Å². The molecule has 0 aliphatic heterocycles. The van der Waals surface area contributed by atoms with Crippen LogP contribution in [0.25, 0.3) is 0 Å². The molecule has 0 aliphatic rings. The molecule has 0 saturated heterocycles. The second-order valence-electron chi connectivity index (χ2n) is 6.54. The molecule has 0 saturated carbocycles. The monoisotopic (exact) mass is 397 g/mol. The van der Waals surface area contributed by atoms with Crippen molar-refractivity contribution in [2.75, 3.05) is 5.32 Å². The summed E-state index contributed by atoms with van der Waals surface area (Å²) in [6.45, 7) is 10.5. The minimum atomic E-state index is -3.47. The van der Waals surface area contributed by atoms with Gasteiger partial charge < -0.3 is 10.4 Å². The van der Waals surface area contributed by atoms with Crippen molar-refractivity contribution in [2.24, 2.45) is 9.50 Å². The molecule has 2 amide bonds. The fraction of sp³-hybridized carbons (Fsp3) is 0.438. The number of anilines is 1. The van der Waals surface area contributed by atoms with Crippen LogP contribution in [-0.4, -0.2) is 25.3 Å². The van der Waals surface area contributed by atoms with E-state index in [2.05, 4.69) is 19.6 Å². The molecule has 0 radical (unpaired) electrons. The van der Waals surface area contributed by atoms with Crippen LogP contribution in [0, 0.1) is 27.7 Å². The van der Waals surface area contributed by atoms with E-state index in [4.69, 9.17) is 5.14 Å². The van der Waals surface area contributed by atoms with Gasteiger partial charge in [-0.25, -0.2) is 19.1 Å². The maximum atomic E-state index is 12.7. The highest BCUT2D eigenvalue weighted by molar-refractivity contribution is 7.93. The van der Waals surface area contributed by atoms with Crippen molar-refractivity contribution in [1.29, 1.82) is 0 Å². The number of urea groups is 1. The summed E-state index contributed by atoms with van der Waals surface area (Å²) in [5.41, 5.74) is 2.58. The molecule has 2 heterocycles. The van der Waals surface area contributed by atoms with Gasteiger partial charge in [0.25, 0.3) is 0 Å². The van der Waals surface area contributed by atoms with Crippen LogP contribution in [0.4, 0.5) is 10.5 Å². The first-order valence-electron chi connectivity index (χ1n) is 7.82. The van der Waals surface area contributed by atoms with Crippen LogP contribution < -0.4 is 10.5 Å². The zero-order valence-electron chi connectivity index (χ0n) is 15.6. The molecule has 0 spiro atoms. The van der Waals surface area contributed by atoms with E-state index in [0.717, 1.165) is 33.9 Å². The number of pyridine rings is 1. The van der Waals surface area contributed by atoms with Crippen LogP contribution in [0.2, 0.25) is 0 Å². The molecular weight excluding hydrogens is 374 g/mol. The number of carbonyl (C=O) groups is 1. The Morgan fingerprint density at radius 3 is 2.27 bits per heavy atom. The average molecular weight is 398 g/mol. The van der Waals surface area contributed by atoms with E-state index >= 15 is 0 Å². The number of aliphatic hydroxyl groups is 1. The lowest BCUT2D eigenvalue weighted by Gasteiger charge is -2.14. The number of hydrogen-bond acceptors (Lipinski definition) is 6. The molecule has 4 N–H and O–H groups in total. The molecular formula is C16H23N5O3S2. The quantitative estimate of drug-likeness (QED) is 0.733. The fourth-order valence-electron chi connectivity index (χ4n) is 2.23. The van der Waals surface area contributed by atoms with E-state index in [9.17, 15) is 14.1 Å². The van der Waals surface area contributed by atoms with Crippen molar-refractivity contribution in [3.05, 3.63) is 33.7 Å². The smallest absolute Gasteiger partial charge is 0.354 e. The Balaban J connectivity index is 2.37. The Labute approximate surface area is 157 Å². The number of aromatic nitrogens is 2. The lowest BCUT2D eigenvalue weighted by molar-refractivity contribution is 0.0783. The predicted octanol–water partition coefficient (Wildman–Crippen LogP) is 2.93. The van der Waals surface area contributed by atoms with Gasteiger partial charge in [0.2, 0.25) is 0 Å². The summed E-state index contributed by atoms with van der Waals surface area (Å²) in [4.78, 5) is 20.7. The Morgan fingerprint density at radius 1 is 1.27 bits per heavy atom. The van der Waals surface area contributed by atoms with Crippen molar-refractivity contribution in [2.45, 2.75) is 51.4 Å². The molecule has 1 atom stereocenters. The van der Waals surface area contributed by atoms with Gasteiger partial charge in [-0.15, -0.1) is 15.7 Å². The van der Waals surface area contributed by atoms with Gasteiger partial charge in [-0.2, -0.15) is 0 Å². The third kappa shape index (κ3) is 4.26.